The van der Waals surface area contributed by atoms with E-state index in [-0.39, 0.29) is 24.8 Å². The Bertz CT molecular complexity index is 326. The van der Waals surface area contributed by atoms with Gasteiger partial charge in [-0.05, 0) is 37.6 Å². The Morgan fingerprint density at radius 2 is 2.06 bits per heavy atom. The van der Waals surface area contributed by atoms with Gasteiger partial charge in [-0.15, -0.1) is 0 Å². The van der Waals surface area contributed by atoms with Gasteiger partial charge in [0.15, 0.2) is 0 Å². The molecule has 2 fully saturated rings. The van der Waals surface area contributed by atoms with E-state index in [0.717, 1.165) is 12.8 Å². The van der Waals surface area contributed by atoms with Gasteiger partial charge in [0.25, 0.3) is 0 Å². The minimum Gasteiger partial charge on any atom is -0.481 e. The van der Waals surface area contributed by atoms with Crippen LogP contribution in [0.2, 0.25) is 0 Å². The normalized spacial score (nSPS) is 28.1. The summed E-state index contributed by atoms with van der Waals surface area (Å²) in [6.45, 7) is 1.20. The van der Waals surface area contributed by atoms with Crippen LogP contribution in [-0.4, -0.2) is 41.8 Å². The molecule has 1 atom stereocenters. The average molecular weight is 265 g/mol. The van der Waals surface area contributed by atoms with Crippen molar-refractivity contribution in [3.63, 3.8) is 0 Å². The maximum absolute atomic E-state index is 12.7. The summed E-state index contributed by atoms with van der Waals surface area (Å²) < 4.78 is 38.0. The number of piperidine rings is 1. The van der Waals surface area contributed by atoms with Crippen LogP contribution in [0, 0.1) is 11.3 Å². The number of aliphatic carboxylic acids is 1. The molecular weight excluding hydrogens is 247 g/mol. The van der Waals surface area contributed by atoms with E-state index in [4.69, 9.17) is 5.11 Å². The van der Waals surface area contributed by atoms with Crippen molar-refractivity contribution in [1.82, 2.24) is 4.90 Å². The molecule has 2 rings (SSSR count). The molecule has 0 aromatic heterocycles. The number of likely N-dealkylation sites (tertiary alicyclic amines) is 1. The number of alkyl halides is 3. The number of hydrogen-bond acceptors (Lipinski definition) is 2. The Hall–Kier alpha value is -0.780. The number of carbonyl (C=O) groups is 1. The fraction of sp³-hybridized carbons (Fsp3) is 0.917. The van der Waals surface area contributed by atoms with Gasteiger partial charge < -0.3 is 10.0 Å². The van der Waals surface area contributed by atoms with Crippen molar-refractivity contribution in [2.75, 3.05) is 19.6 Å². The van der Waals surface area contributed by atoms with E-state index in [1.165, 1.54) is 0 Å². The number of hydrogen-bond donors (Lipinski definition) is 1. The molecule has 1 unspecified atom stereocenters. The van der Waals surface area contributed by atoms with Gasteiger partial charge in [0.05, 0.1) is 12.3 Å². The van der Waals surface area contributed by atoms with Crippen molar-refractivity contribution >= 4 is 5.97 Å². The largest absolute Gasteiger partial charge is 0.481 e. The van der Waals surface area contributed by atoms with Crippen molar-refractivity contribution < 1.29 is 23.1 Å². The van der Waals surface area contributed by atoms with Gasteiger partial charge in [-0.3, -0.25) is 4.79 Å². The van der Waals surface area contributed by atoms with Gasteiger partial charge in [-0.25, -0.2) is 0 Å². The SMILES string of the molecule is O=C(O)CC1(CN2CCCC(C(F)(F)F)C2)CC1. The number of rotatable bonds is 4. The minimum atomic E-state index is -4.12. The van der Waals surface area contributed by atoms with Crippen LogP contribution in [0.5, 0.6) is 0 Å². The first-order valence-corrected chi connectivity index (χ1v) is 6.32. The van der Waals surface area contributed by atoms with Crippen LogP contribution in [0.1, 0.15) is 32.1 Å². The van der Waals surface area contributed by atoms with Crippen LogP contribution in [-0.2, 0) is 4.79 Å². The van der Waals surface area contributed by atoms with E-state index in [2.05, 4.69) is 0 Å². The summed E-state index contributed by atoms with van der Waals surface area (Å²) >= 11 is 0. The lowest BCUT2D eigenvalue weighted by atomic mass is 9.94. The Labute approximate surface area is 104 Å². The Morgan fingerprint density at radius 1 is 1.39 bits per heavy atom. The van der Waals surface area contributed by atoms with Crippen LogP contribution < -0.4 is 0 Å². The molecule has 1 heterocycles. The molecule has 1 N–H and O–H groups in total. The number of halogens is 3. The number of nitrogens with zero attached hydrogens (tertiary/aromatic N) is 1. The zero-order valence-corrected chi connectivity index (χ0v) is 10.2. The van der Waals surface area contributed by atoms with Gasteiger partial charge in [-0.1, -0.05) is 0 Å². The lowest BCUT2D eigenvalue weighted by molar-refractivity contribution is -0.187. The molecule has 18 heavy (non-hydrogen) atoms. The molecule has 0 amide bonds. The average Bonchev–Trinajstić information content (AvgIpc) is 2.95. The van der Waals surface area contributed by atoms with Crippen LogP contribution >= 0.6 is 0 Å². The molecule has 2 aliphatic rings. The van der Waals surface area contributed by atoms with Gasteiger partial charge in [0.1, 0.15) is 0 Å². The first-order chi connectivity index (χ1) is 8.31. The van der Waals surface area contributed by atoms with Crippen LogP contribution in [0.25, 0.3) is 0 Å². The summed E-state index contributed by atoms with van der Waals surface area (Å²) in [4.78, 5) is 12.5. The third-order valence-corrected chi connectivity index (χ3v) is 4.01. The molecule has 1 aliphatic heterocycles. The summed E-state index contributed by atoms with van der Waals surface area (Å²) in [6.07, 6.45) is -1.64. The van der Waals surface area contributed by atoms with E-state index >= 15 is 0 Å². The molecule has 6 heteroatoms. The maximum atomic E-state index is 12.7. The summed E-state index contributed by atoms with van der Waals surface area (Å²) in [5, 5.41) is 8.80. The van der Waals surface area contributed by atoms with E-state index in [9.17, 15) is 18.0 Å². The van der Waals surface area contributed by atoms with Gasteiger partial charge in [0.2, 0.25) is 0 Å². The first-order valence-electron chi connectivity index (χ1n) is 6.32. The molecule has 0 radical (unpaired) electrons. The van der Waals surface area contributed by atoms with Crippen molar-refractivity contribution in [2.24, 2.45) is 11.3 Å². The molecule has 1 saturated heterocycles. The number of carboxylic acids is 1. The van der Waals surface area contributed by atoms with Gasteiger partial charge >= 0.3 is 12.1 Å². The highest BCUT2D eigenvalue weighted by molar-refractivity contribution is 5.68. The summed E-state index contributed by atoms with van der Waals surface area (Å²) in [5.74, 6) is -2.09. The molecule has 0 bridgehead atoms. The second kappa shape index (κ2) is 4.72. The van der Waals surface area contributed by atoms with Gasteiger partial charge in [-0.2, -0.15) is 13.2 Å². The highest BCUT2D eigenvalue weighted by Gasteiger charge is 2.48. The quantitative estimate of drug-likeness (QED) is 0.849. The summed E-state index contributed by atoms with van der Waals surface area (Å²) in [6, 6.07) is 0. The Morgan fingerprint density at radius 3 is 2.56 bits per heavy atom. The van der Waals surface area contributed by atoms with Crippen molar-refractivity contribution in [2.45, 2.75) is 38.3 Å². The predicted molar refractivity (Wildman–Crippen MR) is 59.1 cm³/mol. The van der Waals surface area contributed by atoms with Crippen molar-refractivity contribution in [3.05, 3.63) is 0 Å². The smallest absolute Gasteiger partial charge is 0.393 e. The van der Waals surface area contributed by atoms with E-state index in [1.54, 1.807) is 4.90 Å². The van der Waals surface area contributed by atoms with E-state index in [1.807, 2.05) is 0 Å². The standard InChI is InChI=1S/C12H18F3NO2/c13-12(14,15)9-2-1-5-16(7-9)8-11(3-4-11)6-10(17)18/h9H,1-8H2,(H,17,18). The highest BCUT2D eigenvalue weighted by Crippen LogP contribution is 2.50. The molecule has 104 valence electrons. The monoisotopic (exact) mass is 265 g/mol. The number of carboxylic acid groups (broad SMARTS) is 1. The van der Waals surface area contributed by atoms with Crippen molar-refractivity contribution in [1.29, 1.82) is 0 Å². The molecule has 1 saturated carbocycles. The van der Waals surface area contributed by atoms with E-state index in [0.29, 0.717) is 19.5 Å². The van der Waals surface area contributed by atoms with E-state index < -0.39 is 18.1 Å². The van der Waals surface area contributed by atoms with Crippen LogP contribution in [0.3, 0.4) is 0 Å². The zero-order chi connectivity index (χ0) is 13.4. The lowest BCUT2D eigenvalue weighted by Crippen LogP contribution is -2.44. The van der Waals surface area contributed by atoms with Crippen molar-refractivity contribution in [3.8, 4) is 0 Å². The predicted octanol–water partition coefficient (Wildman–Crippen LogP) is 2.52. The first kappa shape index (κ1) is 13.6. The lowest BCUT2D eigenvalue weighted by Gasteiger charge is -2.35. The molecule has 1 aliphatic carbocycles. The zero-order valence-electron chi connectivity index (χ0n) is 10.2. The Balaban J connectivity index is 1.88. The second-order valence-electron chi connectivity index (χ2n) is 5.69. The molecular formula is C12H18F3NO2. The third-order valence-electron chi connectivity index (χ3n) is 4.01. The van der Waals surface area contributed by atoms with Crippen LogP contribution in [0.15, 0.2) is 0 Å². The highest BCUT2D eigenvalue weighted by atomic mass is 19.4. The molecule has 0 aromatic rings. The second-order valence-corrected chi connectivity index (χ2v) is 5.69. The third kappa shape index (κ3) is 3.37. The van der Waals surface area contributed by atoms with Gasteiger partial charge in [0, 0.05) is 13.1 Å². The Kier molecular flexibility index (Phi) is 3.58. The minimum absolute atomic E-state index is 0.0326. The summed E-state index contributed by atoms with van der Waals surface area (Å²) in [5.41, 5.74) is -0.251. The fourth-order valence-electron chi connectivity index (χ4n) is 2.83. The molecule has 3 nitrogen and oxygen atoms in total. The fourth-order valence-corrected chi connectivity index (χ4v) is 2.83. The maximum Gasteiger partial charge on any atom is 0.393 e. The summed E-state index contributed by atoms with van der Waals surface area (Å²) in [7, 11) is 0. The molecule has 0 spiro atoms. The topological polar surface area (TPSA) is 40.5 Å². The molecule has 0 aromatic carbocycles. The van der Waals surface area contributed by atoms with Crippen LogP contribution in [0.4, 0.5) is 13.2 Å².